The Balaban J connectivity index is 3.65. The summed E-state index contributed by atoms with van der Waals surface area (Å²) >= 11 is 0. The Labute approximate surface area is 119 Å². The minimum Gasteiger partial charge on any atom is -0.379 e. The Bertz CT molecular complexity index is 229. The van der Waals surface area contributed by atoms with Crippen LogP contribution >= 0.6 is 0 Å². The van der Waals surface area contributed by atoms with Gasteiger partial charge in [-0.1, -0.05) is 26.2 Å². The van der Waals surface area contributed by atoms with E-state index in [-0.39, 0.29) is 0 Å². The number of guanidine groups is 1. The second kappa shape index (κ2) is 12.3. The average Bonchev–Trinajstić information content (AvgIpc) is 2.37. The molecule has 0 aliphatic rings. The first-order chi connectivity index (χ1) is 9.10. The molecular formula is C15H33N3O. The van der Waals surface area contributed by atoms with Gasteiger partial charge in [-0.15, -0.1) is 0 Å². The predicted molar refractivity (Wildman–Crippen MR) is 83.8 cm³/mol. The van der Waals surface area contributed by atoms with Crippen LogP contribution in [-0.4, -0.2) is 38.3 Å². The zero-order valence-corrected chi connectivity index (χ0v) is 13.5. The molecule has 0 fully saturated rings. The van der Waals surface area contributed by atoms with Gasteiger partial charge in [-0.05, 0) is 33.6 Å². The molecule has 0 aromatic rings. The lowest BCUT2D eigenvalue weighted by Gasteiger charge is -2.18. The number of unbranched alkanes of at least 4 members (excludes halogenated alkanes) is 2. The van der Waals surface area contributed by atoms with Gasteiger partial charge in [0.2, 0.25) is 0 Å². The lowest BCUT2D eigenvalue weighted by atomic mass is 10.1. The zero-order valence-electron chi connectivity index (χ0n) is 13.5. The summed E-state index contributed by atoms with van der Waals surface area (Å²) in [5.74, 6) is 0.897. The summed E-state index contributed by atoms with van der Waals surface area (Å²) in [6.07, 6.45) is 6.38. The van der Waals surface area contributed by atoms with Crippen LogP contribution in [-0.2, 0) is 4.74 Å². The van der Waals surface area contributed by atoms with Crippen LogP contribution in [0.3, 0.4) is 0 Å². The fourth-order valence-corrected chi connectivity index (χ4v) is 1.80. The highest BCUT2D eigenvalue weighted by atomic mass is 16.5. The maximum atomic E-state index is 5.50. The minimum absolute atomic E-state index is 0.316. The van der Waals surface area contributed by atoms with E-state index in [0.717, 1.165) is 25.5 Å². The summed E-state index contributed by atoms with van der Waals surface area (Å²) < 4.78 is 5.50. The van der Waals surface area contributed by atoms with Crippen molar-refractivity contribution in [3.8, 4) is 0 Å². The van der Waals surface area contributed by atoms with Crippen molar-refractivity contribution in [3.05, 3.63) is 0 Å². The second-order valence-electron chi connectivity index (χ2n) is 5.31. The third-order valence-electron chi connectivity index (χ3n) is 2.91. The van der Waals surface area contributed by atoms with E-state index in [1.165, 1.54) is 25.7 Å². The average molecular weight is 271 g/mol. The van der Waals surface area contributed by atoms with Gasteiger partial charge >= 0.3 is 0 Å². The third-order valence-corrected chi connectivity index (χ3v) is 2.91. The molecule has 0 aromatic heterocycles. The van der Waals surface area contributed by atoms with Gasteiger partial charge in [0.15, 0.2) is 5.96 Å². The molecular weight excluding hydrogens is 238 g/mol. The Morgan fingerprint density at radius 1 is 1.16 bits per heavy atom. The summed E-state index contributed by atoms with van der Waals surface area (Å²) in [4.78, 5) is 4.24. The highest BCUT2D eigenvalue weighted by Gasteiger charge is 2.04. The minimum atomic E-state index is 0.316. The molecule has 2 N–H and O–H groups in total. The number of aliphatic imine (C=N–C) groups is 1. The molecule has 19 heavy (non-hydrogen) atoms. The van der Waals surface area contributed by atoms with Crippen molar-refractivity contribution in [3.63, 3.8) is 0 Å². The van der Waals surface area contributed by atoms with Gasteiger partial charge in [0.05, 0.1) is 6.10 Å². The normalized spacial score (nSPS) is 13.7. The van der Waals surface area contributed by atoms with Crippen LogP contribution in [0.1, 0.15) is 59.8 Å². The van der Waals surface area contributed by atoms with Crippen LogP contribution in [0.5, 0.6) is 0 Å². The molecule has 0 bridgehead atoms. The third kappa shape index (κ3) is 12.0. The van der Waals surface area contributed by atoms with Crippen LogP contribution in [0, 0.1) is 0 Å². The standard InChI is InChI=1S/C15H33N3O/c1-6-7-8-10-14(4)18-15(16-5)17-11-9-12-19-13(2)3/h13-14H,6-12H2,1-5H3,(H2,16,17,18). The van der Waals surface area contributed by atoms with Crippen molar-refractivity contribution in [2.24, 2.45) is 4.99 Å². The molecule has 0 saturated carbocycles. The molecule has 0 amide bonds. The summed E-state index contributed by atoms with van der Waals surface area (Å²) in [6, 6.07) is 0.477. The van der Waals surface area contributed by atoms with Crippen LogP contribution in [0.15, 0.2) is 4.99 Å². The lowest BCUT2D eigenvalue weighted by Crippen LogP contribution is -2.42. The van der Waals surface area contributed by atoms with E-state index in [1.54, 1.807) is 0 Å². The first-order valence-electron chi connectivity index (χ1n) is 7.68. The summed E-state index contributed by atoms with van der Waals surface area (Å²) in [5, 5.41) is 6.75. The van der Waals surface area contributed by atoms with Crippen LogP contribution in [0.25, 0.3) is 0 Å². The second-order valence-corrected chi connectivity index (χ2v) is 5.31. The number of nitrogens with one attached hydrogen (secondary N) is 2. The van der Waals surface area contributed by atoms with E-state index in [0.29, 0.717) is 12.1 Å². The van der Waals surface area contributed by atoms with Gasteiger partial charge in [0, 0.05) is 26.2 Å². The molecule has 0 radical (unpaired) electrons. The largest absolute Gasteiger partial charge is 0.379 e. The van der Waals surface area contributed by atoms with Gasteiger partial charge in [-0.3, -0.25) is 4.99 Å². The molecule has 1 atom stereocenters. The lowest BCUT2D eigenvalue weighted by molar-refractivity contribution is 0.0776. The van der Waals surface area contributed by atoms with Crippen molar-refractivity contribution in [2.75, 3.05) is 20.2 Å². The monoisotopic (exact) mass is 271 g/mol. The molecule has 0 aromatic carbocycles. The fraction of sp³-hybridized carbons (Fsp3) is 0.933. The highest BCUT2D eigenvalue weighted by Crippen LogP contribution is 2.02. The Hall–Kier alpha value is -0.770. The SMILES string of the molecule is CCCCCC(C)NC(=NC)NCCCOC(C)C. The quantitative estimate of drug-likeness (QED) is 0.365. The van der Waals surface area contributed by atoms with Crippen LogP contribution in [0.2, 0.25) is 0 Å². The topological polar surface area (TPSA) is 45.7 Å². The van der Waals surface area contributed by atoms with Crippen LogP contribution < -0.4 is 10.6 Å². The van der Waals surface area contributed by atoms with Gasteiger partial charge < -0.3 is 15.4 Å². The molecule has 0 saturated heterocycles. The fourth-order valence-electron chi connectivity index (χ4n) is 1.80. The number of ether oxygens (including phenoxy) is 1. The van der Waals surface area contributed by atoms with Crippen molar-refractivity contribution in [1.82, 2.24) is 10.6 Å². The zero-order chi connectivity index (χ0) is 14.5. The first kappa shape index (κ1) is 18.2. The molecule has 0 heterocycles. The van der Waals surface area contributed by atoms with Gasteiger partial charge in [0.1, 0.15) is 0 Å². The molecule has 1 unspecified atom stereocenters. The molecule has 114 valence electrons. The predicted octanol–water partition coefficient (Wildman–Crippen LogP) is 2.94. The molecule has 0 rings (SSSR count). The van der Waals surface area contributed by atoms with Gasteiger partial charge in [-0.25, -0.2) is 0 Å². The number of nitrogens with zero attached hydrogens (tertiary/aromatic N) is 1. The Kier molecular flexibility index (Phi) is 11.8. The van der Waals surface area contributed by atoms with Crippen molar-refractivity contribution < 1.29 is 4.74 Å². The molecule has 4 heteroatoms. The van der Waals surface area contributed by atoms with Crippen molar-refractivity contribution >= 4 is 5.96 Å². The highest BCUT2D eigenvalue weighted by molar-refractivity contribution is 5.79. The number of hydrogen-bond acceptors (Lipinski definition) is 2. The summed E-state index contributed by atoms with van der Waals surface area (Å²) in [6.45, 7) is 10.3. The van der Waals surface area contributed by atoms with Gasteiger partial charge in [-0.2, -0.15) is 0 Å². The first-order valence-corrected chi connectivity index (χ1v) is 7.68. The van der Waals surface area contributed by atoms with E-state index in [1.807, 2.05) is 7.05 Å². The van der Waals surface area contributed by atoms with Crippen LogP contribution in [0.4, 0.5) is 0 Å². The molecule has 0 spiro atoms. The Morgan fingerprint density at radius 3 is 2.47 bits per heavy atom. The summed E-state index contributed by atoms with van der Waals surface area (Å²) in [5.41, 5.74) is 0. The number of rotatable bonds is 10. The maximum absolute atomic E-state index is 5.50. The van der Waals surface area contributed by atoms with E-state index in [4.69, 9.17) is 4.74 Å². The van der Waals surface area contributed by atoms with E-state index in [2.05, 4.69) is 43.3 Å². The van der Waals surface area contributed by atoms with Crippen molar-refractivity contribution in [1.29, 1.82) is 0 Å². The van der Waals surface area contributed by atoms with E-state index >= 15 is 0 Å². The maximum Gasteiger partial charge on any atom is 0.191 e. The number of hydrogen-bond donors (Lipinski definition) is 2. The molecule has 4 nitrogen and oxygen atoms in total. The van der Waals surface area contributed by atoms with E-state index in [9.17, 15) is 0 Å². The van der Waals surface area contributed by atoms with Gasteiger partial charge in [0.25, 0.3) is 0 Å². The summed E-state index contributed by atoms with van der Waals surface area (Å²) in [7, 11) is 1.82. The van der Waals surface area contributed by atoms with E-state index < -0.39 is 0 Å². The van der Waals surface area contributed by atoms with Crippen molar-refractivity contribution in [2.45, 2.75) is 71.9 Å². The molecule has 0 aliphatic carbocycles. The smallest absolute Gasteiger partial charge is 0.191 e. The Morgan fingerprint density at radius 2 is 1.89 bits per heavy atom. The molecule has 0 aliphatic heterocycles.